The minimum absolute atomic E-state index is 0.0752. The van der Waals surface area contributed by atoms with Gasteiger partial charge in [-0.05, 0) is 62.0 Å². The number of halogens is 2. The van der Waals surface area contributed by atoms with Crippen LogP contribution in [0, 0.1) is 25.5 Å². The molecule has 2 aromatic carbocycles. The van der Waals surface area contributed by atoms with Gasteiger partial charge in [-0.15, -0.1) is 10.2 Å². The number of amides is 1. The van der Waals surface area contributed by atoms with Crippen LogP contribution in [0.4, 0.5) is 14.5 Å². The number of aromatic nitrogens is 5. The molecule has 7 nitrogen and oxygen atoms in total. The number of carbonyl (C=O) groups is 1. The average Bonchev–Trinajstić information content (AvgIpc) is 3.25. The Bertz CT molecular complexity index is 1270. The fourth-order valence-corrected chi connectivity index (χ4v) is 3.89. The summed E-state index contributed by atoms with van der Waals surface area (Å²) < 4.78 is 30.5. The third-order valence-corrected chi connectivity index (χ3v) is 5.71. The quantitative estimate of drug-likeness (QED) is 0.501. The van der Waals surface area contributed by atoms with E-state index in [1.165, 1.54) is 22.5 Å². The summed E-state index contributed by atoms with van der Waals surface area (Å²) in [5.41, 5.74) is 1.91. The van der Waals surface area contributed by atoms with Gasteiger partial charge in [0.1, 0.15) is 17.8 Å². The van der Waals surface area contributed by atoms with Crippen LogP contribution in [0.25, 0.3) is 5.69 Å². The molecule has 0 saturated carbocycles. The van der Waals surface area contributed by atoms with Crippen molar-refractivity contribution in [2.45, 2.75) is 23.9 Å². The van der Waals surface area contributed by atoms with E-state index in [0.29, 0.717) is 22.6 Å². The number of nitrogens with one attached hydrogen (secondary N) is 1. The lowest BCUT2D eigenvalue weighted by Crippen LogP contribution is -2.14. The highest BCUT2D eigenvalue weighted by atomic mass is 32.2. The smallest absolute Gasteiger partial charge is 0.259 e. The summed E-state index contributed by atoms with van der Waals surface area (Å²) in [6.07, 6.45) is 1.62. The van der Waals surface area contributed by atoms with Gasteiger partial charge in [-0.25, -0.2) is 13.5 Å². The number of rotatable bonds is 5. The normalized spacial score (nSPS) is 11.0. The van der Waals surface area contributed by atoms with Crippen molar-refractivity contribution in [2.24, 2.45) is 7.05 Å². The maximum Gasteiger partial charge on any atom is 0.259 e. The van der Waals surface area contributed by atoms with Crippen molar-refractivity contribution in [3.8, 4) is 5.69 Å². The van der Waals surface area contributed by atoms with E-state index in [4.69, 9.17) is 0 Å². The first-order valence-corrected chi connectivity index (χ1v) is 10.1. The van der Waals surface area contributed by atoms with Crippen molar-refractivity contribution in [1.82, 2.24) is 24.5 Å². The molecule has 1 amide bonds. The first kappa shape index (κ1) is 20.7. The number of hydrogen-bond acceptors (Lipinski definition) is 5. The summed E-state index contributed by atoms with van der Waals surface area (Å²) in [4.78, 5) is 13.8. The summed E-state index contributed by atoms with van der Waals surface area (Å²) in [5, 5.41) is 15.7. The minimum atomic E-state index is -0.756. The van der Waals surface area contributed by atoms with Gasteiger partial charge in [0.05, 0.1) is 17.0 Å². The molecule has 2 heterocycles. The largest absolute Gasteiger partial charge is 0.322 e. The van der Waals surface area contributed by atoms with E-state index in [-0.39, 0.29) is 11.6 Å². The maximum absolute atomic E-state index is 14.2. The Morgan fingerprint density at radius 1 is 1.10 bits per heavy atom. The molecule has 10 heteroatoms. The molecule has 0 bridgehead atoms. The topological polar surface area (TPSA) is 77.6 Å². The van der Waals surface area contributed by atoms with Gasteiger partial charge in [-0.2, -0.15) is 5.10 Å². The third kappa shape index (κ3) is 4.19. The van der Waals surface area contributed by atoms with E-state index in [1.54, 1.807) is 32.3 Å². The summed E-state index contributed by atoms with van der Waals surface area (Å²) in [6.45, 7) is 3.33. The van der Waals surface area contributed by atoms with Crippen LogP contribution in [0.2, 0.25) is 0 Å². The second-order valence-corrected chi connectivity index (χ2v) is 7.90. The van der Waals surface area contributed by atoms with Gasteiger partial charge in [-0.3, -0.25) is 4.79 Å². The van der Waals surface area contributed by atoms with Gasteiger partial charge < -0.3 is 9.88 Å². The monoisotopic (exact) mass is 440 g/mol. The molecule has 158 valence electrons. The number of anilines is 1. The number of hydrogen-bond donors (Lipinski definition) is 1. The lowest BCUT2D eigenvalue weighted by atomic mass is 10.1. The molecule has 0 spiro atoms. The van der Waals surface area contributed by atoms with E-state index in [0.717, 1.165) is 22.2 Å². The Morgan fingerprint density at radius 2 is 1.84 bits per heavy atom. The zero-order valence-electron chi connectivity index (χ0n) is 16.9. The lowest BCUT2D eigenvalue weighted by molar-refractivity contribution is 0.102. The zero-order valence-corrected chi connectivity index (χ0v) is 17.7. The van der Waals surface area contributed by atoms with Crippen LogP contribution in [0.15, 0.2) is 58.8 Å². The van der Waals surface area contributed by atoms with Crippen LogP contribution in [-0.4, -0.2) is 30.5 Å². The molecule has 0 saturated heterocycles. The van der Waals surface area contributed by atoms with Crippen molar-refractivity contribution in [2.75, 3.05) is 5.32 Å². The molecule has 0 aliphatic heterocycles. The van der Waals surface area contributed by atoms with E-state index < -0.39 is 11.6 Å². The Balaban J connectivity index is 1.54. The van der Waals surface area contributed by atoms with Gasteiger partial charge in [0, 0.05) is 23.7 Å². The van der Waals surface area contributed by atoms with Crippen molar-refractivity contribution in [1.29, 1.82) is 0 Å². The van der Waals surface area contributed by atoms with Gasteiger partial charge in [0.15, 0.2) is 11.0 Å². The standard InChI is InChI=1S/C21H18F2N6OS/c1-12-19(13(2)29(27-12)18-9-4-14(22)10-17(18)23)20(30)25-15-5-7-16(8-6-15)31-21-26-24-11-28(21)3/h4-11H,1-3H3,(H,25,30). The maximum atomic E-state index is 14.2. The molecule has 0 aliphatic carbocycles. The molecular weight excluding hydrogens is 422 g/mol. The highest BCUT2D eigenvalue weighted by Crippen LogP contribution is 2.27. The van der Waals surface area contributed by atoms with Crippen LogP contribution in [0.5, 0.6) is 0 Å². The van der Waals surface area contributed by atoms with E-state index in [9.17, 15) is 13.6 Å². The highest BCUT2D eigenvalue weighted by Gasteiger charge is 2.21. The molecular formula is C21H18F2N6OS. The molecule has 0 aliphatic rings. The average molecular weight is 440 g/mol. The molecule has 0 radical (unpaired) electrons. The zero-order chi connectivity index (χ0) is 22.1. The van der Waals surface area contributed by atoms with Gasteiger partial charge >= 0.3 is 0 Å². The van der Waals surface area contributed by atoms with Crippen LogP contribution in [-0.2, 0) is 7.05 Å². The van der Waals surface area contributed by atoms with E-state index in [2.05, 4.69) is 20.6 Å². The second-order valence-electron chi connectivity index (χ2n) is 6.86. The number of nitrogens with zero attached hydrogens (tertiary/aromatic N) is 5. The number of aryl methyl sites for hydroxylation is 2. The summed E-state index contributed by atoms with van der Waals surface area (Å²) in [7, 11) is 1.86. The van der Waals surface area contributed by atoms with Gasteiger partial charge in [-0.1, -0.05) is 0 Å². The molecule has 4 aromatic rings. The summed E-state index contributed by atoms with van der Waals surface area (Å²) >= 11 is 1.45. The van der Waals surface area contributed by atoms with Crippen LogP contribution >= 0.6 is 11.8 Å². The SMILES string of the molecule is Cc1nn(-c2ccc(F)cc2F)c(C)c1C(=O)Nc1ccc(Sc2nncn2C)cc1. The Kier molecular flexibility index (Phi) is 5.55. The Hall–Kier alpha value is -3.53. The first-order chi connectivity index (χ1) is 14.8. The minimum Gasteiger partial charge on any atom is -0.322 e. The van der Waals surface area contributed by atoms with Crippen molar-refractivity contribution in [3.05, 3.63) is 77.4 Å². The van der Waals surface area contributed by atoms with Crippen molar-refractivity contribution < 1.29 is 13.6 Å². The Labute approximate surface area is 181 Å². The van der Waals surface area contributed by atoms with E-state index >= 15 is 0 Å². The van der Waals surface area contributed by atoms with Gasteiger partial charge in [0.2, 0.25) is 0 Å². The lowest BCUT2D eigenvalue weighted by Gasteiger charge is -2.08. The molecule has 0 atom stereocenters. The van der Waals surface area contributed by atoms with Gasteiger partial charge in [0.25, 0.3) is 5.91 Å². The first-order valence-electron chi connectivity index (χ1n) is 9.28. The summed E-state index contributed by atoms with van der Waals surface area (Å²) in [5.74, 6) is -1.80. The molecule has 2 aromatic heterocycles. The number of benzene rings is 2. The van der Waals surface area contributed by atoms with Crippen LogP contribution < -0.4 is 5.32 Å². The fraction of sp³-hybridized carbons (Fsp3) is 0.143. The Morgan fingerprint density at radius 3 is 2.48 bits per heavy atom. The fourth-order valence-electron chi connectivity index (χ4n) is 3.13. The molecule has 4 rings (SSSR count). The van der Waals surface area contributed by atoms with Crippen molar-refractivity contribution >= 4 is 23.4 Å². The predicted octanol–water partition coefficient (Wildman–Crippen LogP) is 4.30. The highest BCUT2D eigenvalue weighted by molar-refractivity contribution is 7.99. The number of carbonyl (C=O) groups excluding carboxylic acids is 1. The third-order valence-electron chi connectivity index (χ3n) is 4.65. The van der Waals surface area contributed by atoms with Crippen LogP contribution in [0.3, 0.4) is 0 Å². The molecule has 1 N–H and O–H groups in total. The van der Waals surface area contributed by atoms with Crippen LogP contribution in [0.1, 0.15) is 21.7 Å². The second kappa shape index (κ2) is 8.31. The molecule has 31 heavy (non-hydrogen) atoms. The summed E-state index contributed by atoms with van der Waals surface area (Å²) in [6, 6.07) is 10.5. The van der Waals surface area contributed by atoms with Crippen molar-refractivity contribution in [3.63, 3.8) is 0 Å². The molecule has 0 unspecified atom stereocenters. The predicted molar refractivity (Wildman–Crippen MR) is 112 cm³/mol. The molecule has 0 fully saturated rings. The van der Waals surface area contributed by atoms with E-state index in [1.807, 2.05) is 23.7 Å².